The molecule has 0 aliphatic rings. The molecular formula is C28H26N4O3S2. The third-order valence-electron chi connectivity index (χ3n) is 6.17. The van der Waals surface area contributed by atoms with E-state index in [9.17, 15) is 13.2 Å². The number of nitrogens with one attached hydrogen (secondary N) is 1. The van der Waals surface area contributed by atoms with Gasteiger partial charge in [0.15, 0.2) is 5.65 Å². The Morgan fingerprint density at radius 1 is 1.00 bits per heavy atom. The summed E-state index contributed by atoms with van der Waals surface area (Å²) in [7, 11) is -4.24. The van der Waals surface area contributed by atoms with Crippen molar-refractivity contribution in [2.24, 2.45) is 0 Å². The largest absolute Gasteiger partial charge is 0.308 e. The van der Waals surface area contributed by atoms with E-state index >= 15 is 0 Å². The van der Waals surface area contributed by atoms with Gasteiger partial charge in [0.05, 0.1) is 6.54 Å². The van der Waals surface area contributed by atoms with Gasteiger partial charge in [0.1, 0.15) is 16.3 Å². The summed E-state index contributed by atoms with van der Waals surface area (Å²) in [5.74, 6) is 0.984. The fraction of sp³-hybridized carbons (Fsp3) is 0.179. The number of carbonyl (C=O) groups excluding carboxylic acids is 1. The number of aryl methyl sites for hydroxylation is 3. The van der Waals surface area contributed by atoms with Crippen molar-refractivity contribution in [3.63, 3.8) is 0 Å². The molecule has 0 saturated carbocycles. The van der Waals surface area contributed by atoms with Crippen LogP contribution < -0.4 is 4.72 Å². The predicted octanol–water partition coefficient (Wildman–Crippen LogP) is 5.97. The van der Waals surface area contributed by atoms with Crippen molar-refractivity contribution in [1.29, 1.82) is 0 Å². The smallest absolute Gasteiger partial charge is 0.301 e. The van der Waals surface area contributed by atoms with Crippen LogP contribution in [-0.2, 0) is 23.0 Å². The minimum absolute atomic E-state index is 0.121. The third-order valence-corrected chi connectivity index (χ3v) is 8.32. The second-order valence-corrected chi connectivity index (χ2v) is 11.3. The predicted molar refractivity (Wildman–Crippen MR) is 149 cm³/mol. The summed E-state index contributed by atoms with van der Waals surface area (Å²) in [5.41, 5.74) is 6.66. The van der Waals surface area contributed by atoms with Crippen molar-refractivity contribution < 1.29 is 13.2 Å². The van der Waals surface area contributed by atoms with Gasteiger partial charge in [-0.2, -0.15) is 8.42 Å². The van der Waals surface area contributed by atoms with Crippen molar-refractivity contribution in [1.82, 2.24) is 14.5 Å². The molecule has 188 valence electrons. The summed E-state index contributed by atoms with van der Waals surface area (Å²) in [5, 5.41) is 1.25. The molecule has 0 spiro atoms. The molecule has 37 heavy (non-hydrogen) atoms. The molecule has 0 radical (unpaired) electrons. The molecule has 0 amide bonds. The second-order valence-electron chi connectivity index (χ2n) is 8.84. The van der Waals surface area contributed by atoms with E-state index in [1.54, 1.807) is 23.6 Å². The first-order chi connectivity index (χ1) is 17.8. The maximum atomic E-state index is 12.8. The number of sulfonamides is 1. The van der Waals surface area contributed by atoms with Crippen LogP contribution in [0.15, 0.2) is 72.1 Å². The van der Waals surface area contributed by atoms with Crippen LogP contribution in [0.5, 0.6) is 0 Å². The van der Waals surface area contributed by atoms with Crippen LogP contribution in [0.3, 0.4) is 0 Å². The lowest BCUT2D eigenvalue weighted by Gasteiger charge is -2.11. The number of rotatable bonds is 7. The standard InChI is InChI=1S/C28H26N4O3S2/c1-4-24-30-25-18(2)16-19(3)29-26(25)32(24)17-20-10-12-21(13-11-20)23-14-15-36-27(23)31-37(34,35)28(33)22-8-6-5-7-9-22/h5-16,31H,4,17H2,1-3H3. The number of hydrogen-bond donors (Lipinski definition) is 1. The fourth-order valence-electron chi connectivity index (χ4n) is 4.37. The monoisotopic (exact) mass is 530 g/mol. The maximum absolute atomic E-state index is 12.8. The van der Waals surface area contributed by atoms with Crippen molar-refractivity contribution >= 4 is 42.6 Å². The quantitative estimate of drug-likeness (QED) is 0.280. The van der Waals surface area contributed by atoms with Crippen LogP contribution in [0.4, 0.5) is 5.00 Å². The van der Waals surface area contributed by atoms with E-state index in [0.717, 1.165) is 51.4 Å². The lowest BCUT2D eigenvalue weighted by atomic mass is 10.1. The first-order valence-corrected chi connectivity index (χ1v) is 14.3. The molecule has 0 fully saturated rings. The van der Waals surface area contributed by atoms with E-state index in [1.165, 1.54) is 23.5 Å². The second kappa shape index (κ2) is 9.91. The number of nitrogens with zero attached hydrogens (tertiary/aromatic N) is 3. The molecule has 7 nitrogen and oxygen atoms in total. The van der Waals surface area contributed by atoms with Crippen molar-refractivity contribution in [3.8, 4) is 11.1 Å². The van der Waals surface area contributed by atoms with Crippen LogP contribution >= 0.6 is 11.3 Å². The van der Waals surface area contributed by atoms with E-state index < -0.39 is 15.1 Å². The summed E-state index contributed by atoms with van der Waals surface area (Å²) in [6.45, 7) is 6.77. The number of benzene rings is 2. The summed E-state index contributed by atoms with van der Waals surface area (Å²) in [6.07, 6.45) is 0.799. The van der Waals surface area contributed by atoms with E-state index in [4.69, 9.17) is 9.97 Å². The highest BCUT2D eigenvalue weighted by molar-refractivity contribution is 8.07. The number of thiophene rings is 1. The molecular weight excluding hydrogens is 504 g/mol. The SMILES string of the molecule is CCc1nc2c(C)cc(C)nc2n1Cc1ccc(-c2ccsc2NS(=O)(=O)C(=O)c2ccccc2)cc1. The number of fused-ring (bicyclic) bond motifs is 1. The van der Waals surface area contributed by atoms with E-state index in [0.29, 0.717) is 11.5 Å². The molecule has 5 rings (SSSR count). The molecule has 0 aliphatic carbocycles. The number of hydrogen-bond acceptors (Lipinski definition) is 6. The van der Waals surface area contributed by atoms with Gasteiger partial charge in [-0.1, -0.05) is 61.5 Å². The van der Waals surface area contributed by atoms with Crippen molar-refractivity contribution in [2.75, 3.05) is 4.72 Å². The summed E-state index contributed by atoms with van der Waals surface area (Å²) in [4.78, 5) is 22.1. The Balaban J connectivity index is 1.40. The Labute approximate surface area is 219 Å². The first kappa shape index (κ1) is 24.9. The average molecular weight is 531 g/mol. The van der Waals surface area contributed by atoms with Gasteiger partial charge in [0.2, 0.25) is 0 Å². The first-order valence-electron chi connectivity index (χ1n) is 11.9. The molecule has 2 aromatic carbocycles. The Kier molecular flexibility index (Phi) is 6.66. The molecule has 0 unspecified atom stereocenters. The summed E-state index contributed by atoms with van der Waals surface area (Å²) in [6, 6.07) is 19.8. The van der Waals surface area contributed by atoms with Gasteiger partial charge in [-0.25, -0.2) is 9.97 Å². The van der Waals surface area contributed by atoms with Crippen LogP contribution in [0.1, 0.15) is 39.9 Å². The number of pyridine rings is 1. The highest BCUT2D eigenvalue weighted by atomic mass is 32.2. The van der Waals surface area contributed by atoms with Gasteiger partial charge in [-0.3, -0.25) is 9.52 Å². The average Bonchev–Trinajstić information content (AvgIpc) is 3.49. The Bertz CT molecular complexity index is 1700. The number of aromatic nitrogens is 3. The fourth-order valence-corrected chi connectivity index (χ4v) is 6.44. The molecule has 5 aromatic rings. The maximum Gasteiger partial charge on any atom is 0.301 e. The Hall–Kier alpha value is -3.82. The lowest BCUT2D eigenvalue weighted by Crippen LogP contribution is -2.22. The van der Waals surface area contributed by atoms with Crippen molar-refractivity contribution in [3.05, 3.63) is 100 Å². The van der Waals surface area contributed by atoms with Gasteiger partial charge in [0, 0.05) is 23.2 Å². The molecule has 1 N–H and O–H groups in total. The van der Waals surface area contributed by atoms with Gasteiger partial charge >= 0.3 is 10.0 Å². The van der Waals surface area contributed by atoms with E-state index in [1.807, 2.05) is 43.3 Å². The summed E-state index contributed by atoms with van der Waals surface area (Å²) >= 11 is 1.24. The zero-order chi connectivity index (χ0) is 26.2. The van der Waals surface area contributed by atoms with E-state index in [-0.39, 0.29) is 5.56 Å². The molecule has 0 aliphatic heterocycles. The zero-order valence-corrected chi connectivity index (χ0v) is 22.4. The minimum atomic E-state index is -4.24. The van der Waals surface area contributed by atoms with Crippen LogP contribution in [0.2, 0.25) is 0 Å². The molecule has 9 heteroatoms. The zero-order valence-electron chi connectivity index (χ0n) is 20.7. The van der Waals surface area contributed by atoms with Crippen LogP contribution in [-0.4, -0.2) is 28.1 Å². The minimum Gasteiger partial charge on any atom is -0.308 e. The van der Waals surface area contributed by atoms with Gasteiger partial charge < -0.3 is 4.57 Å². The van der Waals surface area contributed by atoms with Gasteiger partial charge in [0.25, 0.3) is 5.12 Å². The van der Waals surface area contributed by atoms with Gasteiger partial charge in [-0.15, -0.1) is 11.3 Å². The third kappa shape index (κ3) is 4.92. The molecule has 3 aromatic heterocycles. The lowest BCUT2D eigenvalue weighted by molar-refractivity contribution is 0.107. The molecule has 0 saturated heterocycles. The highest BCUT2D eigenvalue weighted by Gasteiger charge is 2.25. The van der Waals surface area contributed by atoms with Gasteiger partial charge in [-0.05, 0) is 48.1 Å². The highest BCUT2D eigenvalue weighted by Crippen LogP contribution is 2.34. The van der Waals surface area contributed by atoms with Crippen LogP contribution in [0.25, 0.3) is 22.3 Å². The number of imidazole rings is 1. The Morgan fingerprint density at radius 2 is 1.73 bits per heavy atom. The van der Waals surface area contributed by atoms with E-state index in [2.05, 4.69) is 23.1 Å². The number of anilines is 1. The molecule has 0 atom stereocenters. The van der Waals surface area contributed by atoms with Crippen molar-refractivity contribution in [2.45, 2.75) is 33.7 Å². The van der Waals surface area contributed by atoms with Crippen LogP contribution in [0, 0.1) is 13.8 Å². The summed E-state index contributed by atoms with van der Waals surface area (Å²) < 4.78 is 30.2. The topological polar surface area (TPSA) is 93.9 Å². The molecule has 0 bridgehead atoms. The molecule has 3 heterocycles. The number of carbonyl (C=O) groups is 1. The normalized spacial score (nSPS) is 11.6. The Morgan fingerprint density at radius 3 is 2.43 bits per heavy atom.